The predicted molar refractivity (Wildman–Crippen MR) is 43.4 cm³/mol. The summed E-state index contributed by atoms with van der Waals surface area (Å²) in [5.74, 6) is -0.286. The quantitative estimate of drug-likeness (QED) is 0.280. The lowest BCUT2D eigenvalue weighted by molar-refractivity contribution is -0.134. The van der Waals surface area contributed by atoms with Crippen LogP contribution in [0.5, 0.6) is 0 Å². The highest BCUT2D eigenvalue weighted by atomic mass is 16.5. The summed E-state index contributed by atoms with van der Waals surface area (Å²) in [5, 5.41) is 10.8. The molecule has 5 heteroatoms. The molecule has 0 saturated heterocycles. The first-order valence-corrected chi connectivity index (χ1v) is 3.55. The number of nitrogens with zero attached hydrogens (tertiary/aromatic N) is 2. The summed E-state index contributed by atoms with van der Waals surface area (Å²) in [6, 6.07) is 0. The molecule has 0 amide bonds. The molecular weight excluding hydrogens is 158 g/mol. The van der Waals surface area contributed by atoms with Crippen molar-refractivity contribution in [1.29, 1.82) is 5.26 Å². The van der Waals surface area contributed by atoms with Gasteiger partial charge in [0.2, 0.25) is 12.1 Å². The third kappa shape index (κ3) is 4.41. The Bertz CT molecular complexity index is 217. The van der Waals surface area contributed by atoms with Gasteiger partial charge < -0.3 is 10.1 Å². The maximum atomic E-state index is 10.8. The van der Waals surface area contributed by atoms with E-state index in [0.717, 1.165) is 0 Å². The number of esters is 1. The number of ether oxygens (including phenoxy) is 1. The fourth-order valence-electron chi connectivity index (χ4n) is 0.542. The van der Waals surface area contributed by atoms with Crippen LogP contribution in [0.3, 0.4) is 0 Å². The molecule has 0 fully saturated rings. The van der Waals surface area contributed by atoms with Crippen LogP contribution in [-0.4, -0.2) is 25.5 Å². The highest BCUT2D eigenvalue weighted by molar-refractivity contribution is 5.89. The molecule has 0 saturated carbocycles. The molecule has 0 aliphatic carbocycles. The molecule has 1 N–H and O–H groups in total. The van der Waals surface area contributed by atoms with Gasteiger partial charge in [-0.15, -0.1) is 4.99 Å². The van der Waals surface area contributed by atoms with Crippen molar-refractivity contribution in [3.05, 3.63) is 0 Å². The summed E-state index contributed by atoms with van der Waals surface area (Å²) in [5.41, 5.74) is 0. The van der Waals surface area contributed by atoms with Gasteiger partial charge in [-0.2, -0.15) is 5.26 Å². The molecular formula is C7H11N3O2. The molecule has 0 heterocycles. The molecule has 0 aromatic rings. The van der Waals surface area contributed by atoms with Crippen molar-refractivity contribution in [2.24, 2.45) is 4.99 Å². The maximum absolute atomic E-state index is 10.8. The van der Waals surface area contributed by atoms with E-state index in [1.165, 1.54) is 0 Å². The molecule has 5 nitrogen and oxygen atoms in total. The number of hydrogen-bond donors (Lipinski definition) is 1. The minimum Gasteiger partial charge on any atom is -0.410 e. The Labute approximate surface area is 71.0 Å². The lowest BCUT2D eigenvalue weighted by atomic mass is 10.5. The highest BCUT2D eigenvalue weighted by Crippen LogP contribution is 1.89. The van der Waals surface area contributed by atoms with Crippen molar-refractivity contribution in [2.75, 3.05) is 13.6 Å². The lowest BCUT2D eigenvalue weighted by Gasteiger charge is -2.02. The molecule has 0 aliphatic rings. The largest absolute Gasteiger partial charge is 0.410 e. The Hall–Kier alpha value is -1.41. The van der Waals surface area contributed by atoms with Crippen molar-refractivity contribution in [1.82, 2.24) is 5.32 Å². The molecule has 12 heavy (non-hydrogen) atoms. The molecule has 0 radical (unpaired) electrons. The van der Waals surface area contributed by atoms with Gasteiger partial charge >= 0.3 is 5.97 Å². The van der Waals surface area contributed by atoms with Crippen LogP contribution in [0, 0.1) is 11.5 Å². The van der Waals surface area contributed by atoms with Gasteiger partial charge in [0.1, 0.15) is 0 Å². The fourth-order valence-corrected chi connectivity index (χ4v) is 0.542. The van der Waals surface area contributed by atoms with E-state index in [1.54, 1.807) is 20.2 Å². The lowest BCUT2D eigenvalue weighted by Crippen LogP contribution is -2.23. The van der Waals surface area contributed by atoms with E-state index in [-0.39, 0.29) is 12.4 Å². The molecule has 0 aromatic heterocycles. The van der Waals surface area contributed by atoms with Crippen molar-refractivity contribution in [3.8, 4) is 6.19 Å². The molecule has 66 valence electrons. The van der Waals surface area contributed by atoms with Crippen LogP contribution < -0.4 is 5.32 Å². The van der Waals surface area contributed by atoms with Crippen molar-refractivity contribution >= 4 is 11.9 Å². The Morgan fingerprint density at radius 1 is 1.75 bits per heavy atom. The van der Waals surface area contributed by atoms with E-state index >= 15 is 0 Å². The number of nitriles is 1. The summed E-state index contributed by atoms with van der Waals surface area (Å²) in [6.07, 6.45) is 1.99. The predicted octanol–water partition coefficient (Wildman–Crippen LogP) is 0.0386. The molecule has 0 atom stereocenters. The normalized spacial score (nSPS) is 10.6. The zero-order valence-electron chi connectivity index (χ0n) is 7.13. The number of hydrogen-bond acceptors (Lipinski definition) is 5. The van der Waals surface area contributed by atoms with Gasteiger partial charge in [0.15, 0.2) is 0 Å². The number of rotatable bonds is 3. The number of likely N-dealkylation sites (N-methyl/N-ethyl adjacent to an activating group) is 1. The first-order chi connectivity index (χ1) is 5.74. The zero-order chi connectivity index (χ0) is 9.40. The Morgan fingerprint density at radius 2 is 2.42 bits per heavy atom. The summed E-state index contributed by atoms with van der Waals surface area (Å²) in [7, 11) is 1.63. The standard InChI is InChI=1S/C7H11N3O2/c1-3-6(10-5-8)12-7(11)4-9-2/h9H,3-4H2,1-2H3. The second kappa shape index (κ2) is 6.31. The Balaban J connectivity index is 3.96. The average molecular weight is 169 g/mol. The summed E-state index contributed by atoms with van der Waals surface area (Å²) in [4.78, 5) is 14.1. The van der Waals surface area contributed by atoms with Gasteiger partial charge in [0.25, 0.3) is 0 Å². The van der Waals surface area contributed by atoms with E-state index in [1.807, 2.05) is 0 Å². The Morgan fingerprint density at radius 3 is 2.83 bits per heavy atom. The SMILES string of the molecule is CCC(=NC#N)OC(=O)CNC. The summed E-state index contributed by atoms with van der Waals surface area (Å²) < 4.78 is 4.71. The highest BCUT2D eigenvalue weighted by Gasteiger charge is 2.04. The second-order valence-corrected chi connectivity index (χ2v) is 1.96. The van der Waals surface area contributed by atoms with Gasteiger partial charge in [-0.1, -0.05) is 6.92 Å². The van der Waals surface area contributed by atoms with Gasteiger partial charge in [0, 0.05) is 6.42 Å². The molecule has 0 unspecified atom stereocenters. The first kappa shape index (κ1) is 10.6. The molecule has 0 aromatic carbocycles. The molecule has 0 aliphatic heterocycles. The third-order valence-electron chi connectivity index (χ3n) is 1.03. The molecule has 0 rings (SSSR count). The number of aliphatic imine (C=N–C) groups is 1. The van der Waals surface area contributed by atoms with Crippen molar-refractivity contribution in [3.63, 3.8) is 0 Å². The monoisotopic (exact) mass is 169 g/mol. The maximum Gasteiger partial charge on any atom is 0.326 e. The third-order valence-corrected chi connectivity index (χ3v) is 1.03. The van der Waals surface area contributed by atoms with Gasteiger partial charge in [-0.25, -0.2) is 0 Å². The Kier molecular flexibility index (Phi) is 5.57. The minimum atomic E-state index is -0.437. The van der Waals surface area contributed by atoms with Gasteiger partial charge in [-0.05, 0) is 7.05 Å². The van der Waals surface area contributed by atoms with Crippen molar-refractivity contribution < 1.29 is 9.53 Å². The van der Waals surface area contributed by atoms with Crippen LogP contribution >= 0.6 is 0 Å². The van der Waals surface area contributed by atoms with Gasteiger partial charge in [0.05, 0.1) is 6.54 Å². The van der Waals surface area contributed by atoms with E-state index in [0.29, 0.717) is 6.42 Å². The first-order valence-electron chi connectivity index (χ1n) is 3.55. The topological polar surface area (TPSA) is 74.5 Å². The van der Waals surface area contributed by atoms with Crippen LogP contribution in [0.1, 0.15) is 13.3 Å². The van der Waals surface area contributed by atoms with Crippen LogP contribution in [0.2, 0.25) is 0 Å². The van der Waals surface area contributed by atoms with Crippen molar-refractivity contribution in [2.45, 2.75) is 13.3 Å². The van der Waals surface area contributed by atoms with E-state index < -0.39 is 5.97 Å². The van der Waals surface area contributed by atoms with E-state index in [9.17, 15) is 4.79 Å². The van der Waals surface area contributed by atoms with E-state index in [2.05, 4.69) is 10.3 Å². The number of nitrogens with one attached hydrogen (secondary N) is 1. The smallest absolute Gasteiger partial charge is 0.326 e. The zero-order valence-corrected chi connectivity index (χ0v) is 7.13. The van der Waals surface area contributed by atoms with Gasteiger partial charge in [-0.3, -0.25) is 4.79 Å². The van der Waals surface area contributed by atoms with E-state index in [4.69, 9.17) is 10.00 Å². The molecule has 0 bridgehead atoms. The van der Waals surface area contributed by atoms with Crippen LogP contribution in [0.4, 0.5) is 0 Å². The number of carbonyl (C=O) groups is 1. The van der Waals surface area contributed by atoms with Crippen LogP contribution in [-0.2, 0) is 9.53 Å². The number of carbonyl (C=O) groups excluding carboxylic acids is 1. The average Bonchev–Trinajstić information content (AvgIpc) is 2.04. The minimum absolute atomic E-state index is 0.116. The van der Waals surface area contributed by atoms with Crippen LogP contribution in [0.15, 0.2) is 4.99 Å². The van der Waals surface area contributed by atoms with Crippen LogP contribution in [0.25, 0.3) is 0 Å². The fraction of sp³-hybridized carbons (Fsp3) is 0.571. The summed E-state index contributed by atoms with van der Waals surface area (Å²) in [6.45, 7) is 1.87. The molecule has 0 spiro atoms. The second-order valence-electron chi connectivity index (χ2n) is 1.96. The summed E-state index contributed by atoms with van der Waals surface area (Å²) >= 11 is 0.